The van der Waals surface area contributed by atoms with Crippen LogP contribution in [0.25, 0.3) is 17.0 Å². The van der Waals surface area contributed by atoms with E-state index in [0.29, 0.717) is 5.75 Å². The smallest absolute Gasteiger partial charge is 0.213 e. The Balaban J connectivity index is 1.78. The maximum absolute atomic E-state index is 11.2. The highest BCUT2D eigenvalue weighted by molar-refractivity contribution is 8.03. The summed E-state index contributed by atoms with van der Waals surface area (Å²) in [5.41, 5.74) is 2.77. The molecule has 1 unspecified atom stereocenters. The second-order valence-electron chi connectivity index (χ2n) is 7.83. The molecule has 1 aliphatic heterocycles. The molecular weight excluding hydrogens is 476 g/mol. The molecule has 0 bridgehead atoms. The van der Waals surface area contributed by atoms with Crippen LogP contribution in [0.2, 0.25) is 0 Å². The van der Waals surface area contributed by atoms with Gasteiger partial charge < -0.3 is 24.0 Å². The van der Waals surface area contributed by atoms with E-state index < -0.39 is 22.0 Å². The molecule has 0 saturated carbocycles. The third kappa shape index (κ3) is 5.15. The van der Waals surface area contributed by atoms with Gasteiger partial charge in [0.25, 0.3) is 0 Å². The van der Waals surface area contributed by atoms with E-state index in [2.05, 4.69) is 11.5 Å². The fraction of sp³-hybridized carbons (Fsp3) is 0.292. The topological polar surface area (TPSA) is 103 Å². The van der Waals surface area contributed by atoms with Gasteiger partial charge in [0.15, 0.2) is 0 Å². The molecule has 0 spiro atoms. The minimum Gasteiger partial charge on any atom is -0.748 e. The number of β-amino-alcohol motifs (C(OH)–C–C–N with tert-alkyl or cyclic N) is 1. The lowest BCUT2D eigenvalue weighted by molar-refractivity contribution is -0.669. The van der Waals surface area contributed by atoms with Crippen LogP contribution >= 0.6 is 11.8 Å². The van der Waals surface area contributed by atoms with Gasteiger partial charge in [-0.1, -0.05) is 11.8 Å². The van der Waals surface area contributed by atoms with Crippen LogP contribution in [-0.2, 0) is 16.7 Å². The molecule has 0 saturated heterocycles. The Morgan fingerprint density at radius 2 is 1.82 bits per heavy atom. The largest absolute Gasteiger partial charge is 0.748 e. The number of anilines is 1. The SMILES string of the molecule is CC[n+]1c(C=C2Sc3ccc(OC)cc3N2CC(O)CS(=O)(=O)[O-])ccc2cc(OC)ccc21. The number of methoxy groups -OCH3 is 2. The number of aliphatic hydroxyl groups excluding tert-OH is 1. The molecule has 4 rings (SSSR count). The molecule has 34 heavy (non-hydrogen) atoms. The number of benzene rings is 2. The molecule has 10 heteroatoms. The lowest BCUT2D eigenvalue weighted by atomic mass is 10.1. The van der Waals surface area contributed by atoms with Gasteiger partial charge >= 0.3 is 0 Å². The highest BCUT2D eigenvalue weighted by atomic mass is 32.2. The van der Waals surface area contributed by atoms with Gasteiger partial charge in [0.2, 0.25) is 11.2 Å². The molecule has 0 amide bonds. The minimum atomic E-state index is -4.56. The Bertz CT molecular complexity index is 1360. The lowest BCUT2D eigenvalue weighted by Gasteiger charge is -2.24. The van der Waals surface area contributed by atoms with E-state index in [1.54, 1.807) is 14.2 Å². The fourth-order valence-corrected chi connectivity index (χ4v) is 5.73. The molecule has 1 aliphatic rings. The summed E-state index contributed by atoms with van der Waals surface area (Å²) >= 11 is 1.51. The van der Waals surface area contributed by atoms with Crippen LogP contribution in [0.3, 0.4) is 0 Å². The number of rotatable bonds is 8. The van der Waals surface area contributed by atoms with Gasteiger partial charge in [-0.05, 0) is 37.3 Å². The van der Waals surface area contributed by atoms with Gasteiger partial charge in [0.05, 0.1) is 58.8 Å². The van der Waals surface area contributed by atoms with Gasteiger partial charge in [-0.15, -0.1) is 0 Å². The van der Waals surface area contributed by atoms with Crippen molar-refractivity contribution >= 4 is 44.5 Å². The van der Waals surface area contributed by atoms with E-state index in [1.807, 2.05) is 59.5 Å². The van der Waals surface area contributed by atoms with E-state index in [4.69, 9.17) is 9.47 Å². The zero-order chi connectivity index (χ0) is 24.5. The summed E-state index contributed by atoms with van der Waals surface area (Å²) in [4.78, 5) is 2.77. The summed E-state index contributed by atoms with van der Waals surface area (Å²) in [6.07, 6.45) is 0.661. The second kappa shape index (κ2) is 9.83. The minimum absolute atomic E-state index is 0.0443. The van der Waals surface area contributed by atoms with Crippen LogP contribution in [0.15, 0.2) is 58.5 Å². The maximum Gasteiger partial charge on any atom is 0.213 e. The summed E-state index contributed by atoms with van der Waals surface area (Å²) in [7, 11) is -1.36. The normalized spacial score (nSPS) is 15.6. The van der Waals surface area contributed by atoms with Crippen molar-refractivity contribution in [2.24, 2.45) is 0 Å². The van der Waals surface area contributed by atoms with Crippen LogP contribution in [0.1, 0.15) is 12.6 Å². The van der Waals surface area contributed by atoms with E-state index in [1.165, 1.54) is 11.8 Å². The Morgan fingerprint density at radius 1 is 1.12 bits per heavy atom. The number of pyridine rings is 1. The maximum atomic E-state index is 11.2. The predicted molar refractivity (Wildman–Crippen MR) is 131 cm³/mol. The number of aryl methyl sites for hydroxylation is 1. The molecule has 180 valence electrons. The first-order chi connectivity index (χ1) is 16.2. The van der Waals surface area contributed by atoms with Gasteiger partial charge in [0, 0.05) is 29.2 Å². The highest BCUT2D eigenvalue weighted by Gasteiger charge is 2.29. The average Bonchev–Trinajstić information content (AvgIpc) is 3.13. The van der Waals surface area contributed by atoms with Crippen molar-refractivity contribution in [2.75, 3.05) is 31.4 Å². The van der Waals surface area contributed by atoms with Crippen molar-refractivity contribution in [3.05, 3.63) is 59.3 Å². The van der Waals surface area contributed by atoms with Crippen molar-refractivity contribution in [1.82, 2.24) is 0 Å². The number of nitrogens with zero attached hydrogens (tertiary/aromatic N) is 2. The average molecular weight is 503 g/mol. The molecule has 2 heterocycles. The van der Waals surface area contributed by atoms with Gasteiger partial charge in [-0.25, -0.2) is 8.42 Å². The number of hydrogen-bond donors (Lipinski definition) is 1. The molecule has 8 nitrogen and oxygen atoms in total. The van der Waals surface area contributed by atoms with E-state index in [0.717, 1.165) is 44.5 Å². The Morgan fingerprint density at radius 3 is 2.50 bits per heavy atom. The molecule has 0 fully saturated rings. The van der Waals surface area contributed by atoms with Crippen LogP contribution < -0.4 is 18.9 Å². The second-order valence-corrected chi connectivity index (χ2v) is 10.3. The molecule has 3 aromatic rings. The molecule has 1 aromatic heterocycles. The van der Waals surface area contributed by atoms with Crippen LogP contribution in [0.5, 0.6) is 11.5 Å². The Labute approximate surface area is 203 Å². The van der Waals surface area contributed by atoms with Gasteiger partial charge in [-0.2, -0.15) is 4.57 Å². The van der Waals surface area contributed by atoms with E-state index in [9.17, 15) is 18.1 Å². The zero-order valence-electron chi connectivity index (χ0n) is 19.1. The lowest BCUT2D eigenvalue weighted by Crippen LogP contribution is -2.37. The van der Waals surface area contributed by atoms with E-state index >= 15 is 0 Å². The third-order valence-corrected chi connectivity index (χ3v) is 7.49. The number of fused-ring (bicyclic) bond motifs is 2. The number of aliphatic hydroxyl groups is 1. The van der Waals surface area contributed by atoms with Crippen molar-refractivity contribution in [3.63, 3.8) is 0 Å². The van der Waals surface area contributed by atoms with Crippen LogP contribution in [-0.4, -0.2) is 50.7 Å². The standard InChI is InChI=1S/C24H26N2O6S2/c1-4-25-17(6-5-16-11-19(31-2)7-9-21(16)25)12-24-26(14-18(27)15-34(28,29)30)22-13-20(32-3)8-10-23(22)33-24/h5-13,18,27H,4,14-15H2,1-3H3. The first kappa shape index (κ1) is 24.3. The molecule has 1 N–H and O–H groups in total. The number of hydrogen-bond acceptors (Lipinski definition) is 8. The predicted octanol–water partition coefficient (Wildman–Crippen LogP) is 2.98. The van der Waals surface area contributed by atoms with Crippen LogP contribution in [0.4, 0.5) is 5.69 Å². The summed E-state index contributed by atoms with van der Waals surface area (Å²) in [6, 6.07) is 15.6. The zero-order valence-corrected chi connectivity index (χ0v) is 20.7. The van der Waals surface area contributed by atoms with Crippen molar-refractivity contribution < 1.29 is 32.1 Å². The van der Waals surface area contributed by atoms with Gasteiger partial charge in [-0.3, -0.25) is 0 Å². The number of ether oxygens (including phenoxy) is 2. The Hall–Kier alpha value is -2.79. The molecule has 0 radical (unpaired) electrons. The van der Waals surface area contributed by atoms with Crippen molar-refractivity contribution in [3.8, 4) is 11.5 Å². The van der Waals surface area contributed by atoms with Gasteiger partial charge in [0.1, 0.15) is 18.0 Å². The fourth-order valence-electron chi connectivity index (χ4n) is 4.05. The van der Waals surface area contributed by atoms with E-state index in [-0.39, 0.29) is 6.54 Å². The molecule has 0 aliphatic carbocycles. The van der Waals surface area contributed by atoms with Crippen molar-refractivity contribution in [2.45, 2.75) is 24.5 Å². The summed E-state index contributed by atoms with van der Waals surface area (Å²) in [5, 5.41) is 12.2. The molecule has 1 atom stereocenters. The highest BCUT2D eigenvalue weighted by Crippen LogP contribution is 2.48. The Kier molecular flexibility index (Phi) is 7.04. The van der Waals surface area contributed by atoms with Crippen LogP contribution in [0, 0.1) is 0 Å². The van der Waals surface area contributed by atoms with Crippen molar-refractivity contribution in [1.29, 1.82) is 0 Å². The number of aromatic nitrogens is 1. The monoisotopic (exact) mass is 502 g/mol. The third-order valence-electron chi connectivity index (χ3n) is 5.59. The summed E-state index contributed by atoms with van der Waals surface area (Å²) < 4.78 is 46.5. The summed E-state index contributed by atoms with van der Waals surface area (Å²) in [6.45, 7) is 2.75. The summed E-state index contributed by atoms with van der Waals surface area (Å²) in [5.74, 6) is 0.568. The first-order valence-electron chi connectivity index (χ1n) is 10.7. The molecular formula is C24H26N2O6S2. The molecule has 2 aromatic carbocycles. The quantitative estimate of drug-likeness (QED) is 0.371. The first-order valence-corrected chi connectivity index (χ1v) is 13.1. The number of thioether (sulfide) groups is 1.